The Labute approximate surface area is 118 Å². The Bertz CT molecular complexity index is 609. The third-order valence-corrected chi connectivity index (χ3v) is 3.22. The molecule has 0 saturated carbocycles. The third kappa shape index (κ3) is 3.15. The van der Waals surface area contributed by atoms with Gasteiger partial charge in [-0.1, -0.05) is 6.07 Å². The first-order valence-corrected chi connectivity index (χ1v) is 6.45. The van der Waals surface area contributed by atoms with E-state index in [1.807, 2.05) is 44.2 Å². The lowest BCUT2D eigenvalue weighted by Crippen LogP contribution is -2.24. The monoisotopic (exact) mass is 270 g/mol. The zero-order chi connectivity index (χ0) is 14.5. The molecule has 2 rings (SSSR count). The summed E-state index contributed by atoms with van der Waals surface area (Å²) in [7, 11) is 1.57. The molecule has 1 aromatic heterocycles. The fourth-order valence-electron chi connectivity index (χ4n) is 1.90. The molecule has 4 nitrogen and oxygen atoms in total. The molecule has 0 aliphatic heterocycles. The first-order chi connectivity index (χ1) is 9.61. The van der Waals surface area contributed by atoms with Crippen LogP contribution in [0.3, 0.4) is 0 Å². The lowest BCUT2D eigenvalue weighted by molar-refractivity contribution is 0.0947. The van der Waals surface area contributed by atoms with Gasteiger partial charge in [0.1, 0.15) is 5.75 Å². The first kappa shape index (κ1) is 14.1. The number of hydrogen-bond donors (Lipinski definition) is 1. The van der Waals surface area contributed by atoms with Gasteiger partial charge >= 0.3 is 0 Å². The smallest absolute Gasteiger partial charge is 0.255 e. The molecule has 20 heavy (non-hydrogen) atoms. The Kier molecular flexibility index (Phi) is 4.35. The van der Waals surface area contributed by atoms with E-state index in [-0.39, 0.29) is 5.91 Å². The highest BCUT2D eigenvalue weighted by Crippen LogP contribution is 2.22. The van der Waals surface area contributed by atoms with Crippen LogP contribution in [0.2, 0.25) is 0 Å². The molecule has 0 aliphatic rings. The van der Waals surface area contributed by atoms with Crippen molar-refractivity contribution in [3.8, 4) is 5.75 Å². The molecule has 1 amide bonds. The van der Waals surface area contributed by atoms with Gasteiger partial charge < -0.3 is 10.1 Å². The third-order valence-electron chi connectivity index (χ3n) is 3.22. The molecule has 0 bridgehead atoms. The van der Waals surface area contributed by atoms with Gasteiger partial charge in [0.2, 0.25) is 0 Å². The molecule has 104 valence electrons. The predicted octanol–water partition coefficient (Wildman–Crippen LogP) is 2.64. The van der Waals surface area contributed by atoms with E-state index in [0.717, 1.165) is 16.8 Å². The van der Waals surface area contributed by atoms with Gasteiger partial charge in [0.05, 0.1) is 24.9 Å². The van der Waals surface area contributed by atoms with Crippen LogP contribution in [0.4, 0.5) is 0 Å². The zero-order valence-electron chi connectivity index (χ0n) is 11.9. The van der Waals surface area contributed by atoms with Gasteiger partial charge in [-0.2, -0.15) is 0 Å². The van der Waals surface area contributed by atoms with Crippen molar-refractivity contribution in [2.75, 3.05) is 7.11 Å². The molecule has 4 heteroatoms. The summed E-state index contributed by atoms with van der Waals surface area (Å²) in [5.74, 6) is 0.433. The number of methoxy groups -OCH3 is 1. The molecule has 0 aliphatic carbocycles. The van der Waals surface area contributed by atoms with Crippen LogP contribution in [0.5, 0.6) is 5.75 Å². The van der Waals surface area contributed by atoms with Crippen LogP contribution in [0.15, 0.2) is 36.5 Å². The molecule has 0 radical (unpaired) electrons. The van der Waals surface area contributed by atoms with E-state index in [0.29, 0.717) is 17.9 Å². The van der Waals surface area contributed by atoms with E-state index < -0.39 is 0 Å². The molecule has 0 fully saturated rings. The van der Waals surface area contributed by atoms with Gasteiger partial charge in [-0.15, -0.1) is 0 Å². The summed E-state index contributed by atoms with van der Waals surface area (Å²) in [6.45, 7) is 4.37. The van der Waals surface area contributed by atoms with Crippen molar-refractivity contribution < 1.29 is 9.53 Å². The van der Waals surface area contributed by atoms with Crippen molar-refractivity contribution in [1.29, 1.82) is 0 Å². The minimum Gasteiger partial charge on any atom is -0.496 e. The Morgan fingerprint density at radius 2 is 2.00 bits per heavy atom. The molecular formula is C16H18N2O2. The molecule has 1 aromatic carbocycles. The maximum absolute atomic E-state index is 12.2. The molecule has 0 atom stereocenters. The topological polar surface area (TPSA) is 51.2 Å². The number of pyridine rings is 1. The van der Waals surface area contributed by atoms with E-state index in [2.05, 4.69) is 10.3 Å². The number of rotatable bonds is 4. The average molecular weight is 270 g/mol. The Balaban J connectivity index is 2.15. The van der Waals surface area contributed by atoms with Crippen LogP contribution in [0, 0.1) is 13.8 Å². The fraction of sp³-hybridized carbons (Fsp3) is 0.250. The SMILES string of the molecule is COc1cc(C)c(C)cc1C(=O)NCc1ccccn1. The van der Waals surface area contributed by atoms with Crippen molar-refractivity contribution in [3.05, 3.63) is 58.9 Å². The largest absolute Gasteiger partial charge is 0.496 e. The number of hydrogen-bond acceptors (Lipinski definition) is 3. The minimum absolute atomic E-state index is 0.157. The van der Waals surface area contributed by atoms with E-state index >= 15 is 0 Å². The van der Waals surface area contributed by atoms with Crippen molar-refractivity contribution in [1.82, 2.24) is 10.3 Å². The van der Waals surface area contributed by atoms with Gasteiger partial charge in [-0.25, -0.2) is 0 Å². The lowest BCUT2D eigenvalue weighted by atomic mass is 10.0. The average Bonchev–Trinajstić information content (AvgIpc) is 2.48. The molecule has 2 aromatic rings. The lowest BCUT2D eigenvalue weighted by Gasteiger charge is -2.12. The highest BCUT2D eigenvalue weighted by molar-refractivity contribution is 5.97. The maximum Gasteiger partial charge on any atom is 0.255 e. The molecule has 1 N–H and O–H groups in total. The first-order valence-electron chi connectivity index (χ1n) is 6.45. The number of ether oxygens (including phenoxy) is 1. The highest BCUT2D eigenvalue weighted by atomic mass is 16.5. The predicted molar refractivity (Wildman–Crippen MR) is 77.9 cm³/mol. The number of nitrogens with one attached hydrogen (secondary N) is 1. The van der Waals surface area contributed by atoms with E-state index in [1.54, 1.807) is 13.3 Å². The van der Waals surface area contributed by atoms with Gasteiger partial charge in [0, 0.05) is 6.20 Å². The number of aryl methyl sites for hydroxylation is 2. The summed E-state index contributed by atoms with van der Waals surface area (Å²) < 4.78 is 5.28. The Hall–Kier alpha value is -2.36. The van der Waals surface area contributed by atoms with Gasteiger partial charge in [0.15, 0.2) is 0 Å². The van der Waals surface area contributed by atoms with Crippen LogP contribution in [0.1, 0.15) is 27.2 Å². The normalized spacial score (nSPS) is 10.2. The summed E-state index contributed by atoms with van der Waals surface area (Å²) in [6, 6.07) is 9.34. The highest BCUT2D eigenvalue weighted by Gasteiger charge is 2.13. The van der Waals surface area contributed by atoms with Crippen LogP contribution in [-0.2, 0) is 6.54 Å². The Morgan fingerprint density at radius 1 is 1.25 bits per heavy atom. The summed E-state index contributed by atoms with van der Waals surface area (Å²) in [6.07, 6.45) is 1.71. The quantitative estimate of drug-likeness (QED) is 0.929. The molecule has 0 spiro atoms. The molecule has 0 saturated heterocycles. The van der Waals surface area contributed by atoms with Crippen molar-refractivity contribution in [2.45, 2.75) is 20.4 Å². The number of carbonyl (C=O) groups excluding carboxylic acids is 1. The van der Waals surface area contributed by atoms with Crippen LogP contribution < -0.4 is 10.1 Å². The fourth-order valence-corrected chi connectivity index (χ4v) is 1.90. The zero-order valence-corrected chi connectivity index (χ0v) is 11.9. The number of carbonyl (C=O) groups is 1. The number of amides is 1. The van der Waals surface area contributed by atoms with E-state index in [9.17, 15) is 4.79 Å². The van der Waals surface area contributed by atoms with Crippen molar-refractivity contribution >= 4 is 5.91 Å². The molecule has 0 unspecified atom stereocenters. The van der Waals surface area contributed by atoms with Gasteiger partial charge in [-0.3, -0.25) is 9.78 Å². The molecule has 1 heterocycles. The van der Waals surface area contributed by atoms with Gasteiger partial charge in [-0.05, 0) is 49.2 Å². The summed E-state index contributed by atoms with van der Waals surface area (Å²) >= 11 is 0. The number of aromatic nitrogens is 1. The van der Waals surface area contributed by atoms with Gasteiger partial charge in [0.25, 0.3) is 5.91 Å². The second-order valence-corrected chi connectivity index (χ2v) is 4.64. The number of nitrogens with zero attached hydrogens (tertiary/aromatic N) is 1. The van der Waals surface area contributed by atoms with E-state index in [4.69, 9.17) is 4.74 Å². The maximum atomic E-state index is 12.2. The van der Waals surface area contributed by atoms with Crippen LogP contribution in [0.25, 0.3) is 0 Å². The van der Waals surface area contributed by atoms with Crippen LogP contribution in [-0.4, -0.2) is 18.0 Å². The van der Waals surface area contributed by atoms with Crippen molar-refractivity contribution in [2.24, 2.45) is 0 Å². The summed E-state index contributed by atoms with van der Waals surface area (Å²) in [5, 5.41) is 2.86. The number of benzene rings is 1. The second kappa shape index (κ2) is 6.19. The Morgan fingerprint density at radius 3 is 2.65 bits per heavy atom. The summed E-state index contributed by atoms with van der Waals surface area (Å²) in [4.78, 5) is 16.4. The second-order valence-electron chi connectivity index (χ2n) is 4.64. The molecular weight excluding hydrogens is 252 g/mol. The van der Waals surface area contributed by atoms with Crippen LogP contribution >= 0.6 is 0 Å². The van der Waals surface area contributed by atoms with E-state index in [1.165, 1.54) is 0 Å². The summed E-state index contributed by atoms with van der Waals surface area (Å²) in [5.41, 5.74) is 3.53. The minimum atomic E-state index is -0.157. The standard InChI is InChI=1S/C16H18N2O2/c1-11-8-14(15(20-3)9-12(11)2)16(19)18-10-13-6-4-5-7-17-13/h4-9H,10H2,1-3H3,(H,18,19). The van der Waals surface area contributed by atoms with Crippen molar-refractivity contribution in [3.63, 3.8) is 0 Å².